The Morgan fingerprint density at radius 3 is 2.84 bits per heavy atom. The van der Waals surface area contributed by atoms with Gasteiger partial charge in [0.15, 0.2) is 0 Å². The predicted molar refractivity (Wildman–Crippen MR) is 72.8 cm³/mol. The van der Waals surface area contributed by atoms with Gasteiger partial charge in [-0.3, -0.25) is 4.79 Å². The number of nitrogens with zero attached hydrogens (tertiary/aromatic N) is 1. The van der Waals surface area contributed by atoms with Crippen LogP contribution in [0.1, 0.15) is 0 Å². The van der Waals surface area contributed by atoms with Gasteiger partial charge in [0, 0.05) is 17.1 Å². The summed E-state index contributed by atoms with van der Waals surface area (Å²) in [5, 5.41) is 0.921. The van der Waals surface area contributed by atoms with E-state index >= 15 is 0 Å². The molecule has 19 heavy (non-hydrogen) atoms. The van der Waals surface area contributed by atoms with Gasteiger partial charge in [0.2, 0.25) is 0 Å². The van der Waals surface area contributed by atoms with Gasteiger partial charge in [0.1, 0.15) is 11.5 Å². The molecular formula is C14H8ClFN2O. The Morgan fingerprint density at radius 2 is 2.05 bits per heavy atom. The van der Waals surface area contributed by atoms with Crippen molar-refractivity contribution in [2.45, 2.75) is 0 Å². The zero-order valence-electron chi connectivity index (χ0n) is 9.65. The van der Waals surface area contributed by atoms with E-state index in [-0.39, 0.29) is 16.1 Å². The molecule has 94 valence electrons. The van der Waals surface area contributed by atoms with Crippen LogP contribution in [0.5, 0.6) is 0 Å². The number of aromatic amines is 1. The molecular weight excluding hydrogens is 267 g/mol. The third kappa shape index (κ3) is 2.00. The SMILES string of the molecule is O=c1[nH]c2ncccc2cc1-c1c(F)cccc1Cl. The number of rotatable bonds is 1. The van der Waals surface area contributed by atoms with Crippen molar-refractivity contribution in [1.82, 2.24) is 9.97 Å². The highest BCUT2D eigenvalue weighted by atomic mass is 35.5. The van der Waals surface area contributed by atoms with Crippen molar-refractivity contribution in [1.29, 1.82) is 0 Å². The molecule has 1 N–H and O–H groups in total. The number of hydrogen-bond donors (Lipinski definition) is 1. The number of hydrogen-bond acceptors (Lipinski definition) is 2. The second kappa shape index (κ2) is 4.48. The molecule has 0 amide bonds. The van der Waals surface area contributed by atoms with Crippen LogP contribution in [-0.4, -0.2) is 9.97 Å². The Hall–Kier alpha value is -2.20. The topological polar surface area (TPSA) is 45.8 Å². The summed E-state index contributed by atoms with van der Waals surface area (Å²) in [6.07, 6.45) is 1.58. The van der Waals surface area contributed by atoms with Crippen LogP contribution in [0.25, 0.3) is 22.2 Å². The summed E-state index contributed by atoms with van der Waals surface area (Å²) in [5.74, 6) is -0.527. The fraction of sp³-hybridized carbons (Fsp3) is 0. The van der Waals surface area contributed by atoms with Gasteiger partial charge in [0.05, 0.1) is 10.6 Å². The molecule has 0 saturated carbocycles. The molecule has 2 aromatic heterocycles. The Morgan fingerprint density at radius 1 is 1.21 bits per heavy atom. The summed E-state index contributed by atoms with van der Waals surface area (Å²) < 4.78 is 13.9. The first kappa shape index (κ1) is 11.9. The number of H-pyrrole nitrogens is 1. The maximum absolute atomic E-state index is 13.9. The van der Waals surface area contributed by atoms with Gasteiger partial charge in [-0.2, -0.15) is 0 Å². The molecule has 0 spiro atoms. The molecule has 0 aliphatic carbocycles. The number of fused-ring (bicyclic) bond motifs is 1. The molecule has 0 aliphatic rings. The molecule has 0 unspecified atom stereocenters. The Labute approximate surface area is 112 Å². The fourth-order valence-corrected chi connectivity index (χ4v) is 2.24. The van der Waals surface area contributed by atoms with Crippen molar-refractivity contribution < 1.29 is 4.39 Å². The van der Waals surface area contributed by atoms with Gasteiger partial charge >= 0.3 is 0 Å². The van der Waals surface area contributed by atoms with Gasteiger partial charge in [-0.1, -0.05) is 17.7 Å². The zero-order chi connectivity index (χ0) is 13.4. The van der Waals surface area contributed by atoms with Gasteiger partial charge < -0.3 is 4.98 Å². The van der Waals surface area contributed by atoms with Crippen LogP contribution in [0.15, 0.2) is 47.4 Å². The van der Waals surface area contributed by atoms with E-state index in [0.717, 1.165) is 5.39 Å². The van der Waals surface area contributed by atoms with E-state index in [0.29, 0.717) is 5.65 Å². The molecule has 0 aliphatic heterocycles. The van der Waals surface area contributed by atoms with E-state index in [1.807, 2.05) is 0 Å². The maximum atomic E-state index is 13.9. The normalized spacial score (nSPS) is 10.8. The fourth-order valence-electron chi connectivity index (χ4n) is 1.98. The molecule has 2 heterocycles. The average molecular weight is 275 g/mol. The molecule has 0 bridgehead atoms. The van der Waals surface area contributed by atoms with Crippen LogP contribution >= 0.6 is 11.6 Å². The van der Waals surface area contributed by atoms with E-state index in [4.69, 9.17) is 11.6 Å². The second-order valence-electron chi connectivity index (χ2n) is 4.05. The Bertz CT molecular complexity index is 809. The molecule has 3 aromatic rings. The number of nitrogens with one attached hydrogen (secondary N) is 1. The molecule has 3 nitrogen and oxygen atoms in total. The lowest BCUT2D eigenvalue weighted by molar-refractivity contribution is 0.631. The van der Waals surface area contributed by atoms with Crippen LogP contribution in [0.2, 0.25) is 5.02 Å². The standard InChI is InChI=1S/C14H8ClFN2O/c15-10-4-1-5-11(16)12(10)9-7-8-3-2-6-17-13(8)18-14(9)19/h1-7H,(H,17,18,19). The highest BCUT2D eigenvalue weighted by Gasteiger charge is 2.14. The van der Waals surface area contributed by atoms with Gasteiger partial charge in [-0.25, -0.2) is 9.37 Å². The van der Waals surface area contributed by atoms with Crippen molar-refractivity contribution in [3.8, 4) is 11.1 Å². The van der Waals surface area contributed by atoms with E-state index in [1.54, 1.807) is 30.5 Å². The van der Waals surface area contributed by atoms with Crippen molar-refractivity contribution in [2.75, 3.05) is 0 Å². The van der Waals surface area contributed by atoms with Gasteiger partial charge in [-0.05, 0) is 30.3 Å². The van der Waals surface area contributed by atoms with E-state index < -0.39 is 11.4 Å². The number of benzene rings is 1. The highest BCUT2D eigenvalue weighted by Crippen LogP contribution is 2.29. The predicted octanol–water partition coefficient (Wildman–Crippen LogP) is 3.38. The third-order valence-electron chi connectivity index (χ3n) is 2.85. The summed E-state index contributed by atoms with van der Waals surface area (Å²) in [5.41, 5.74) is 0.349. The minimum absolute atomic E-state index is 0.108. The lowest BCUT2D eigenvalue weighted by Crippen LogP contribution is -2.10. The minimum atomic E-state index is -0.527. The molecule has 0 radical (unpaired) electrons. The molecule has 3 rings (SSSR count). The van der Waals surface area contributed by atoms with Crippen LogP contribution in [0.3, 0.4) is 0 Å². The average Bonchev–Trinajstić information content (AvgIpc) is 2.39. The molecule has 5 heteroatoms. The minimum Gasteiger partial charge on any atom is -0.306 e. The summed E-state index contributed by atoms with van der Waals surface area (Å²) >= 11 is 5.98. The van der Waals surface area contributed by atoms with Gasteiger partial charge in [0.25, 0.3) is 5.56 Å². The molecule has 0 atom stereocenters. The molecule has 0 fully saturated rings. The largest absolute Gasteiger partial charge is 0.306 e. The lowest BCUT2D eigenvalue weighted by Gasteiger charge is -2.06. The third-order valence-corrected chi connectivity index (χ3v) is 3.16. The first-order valence-corrected chi connectivity index (χ1v) is 5.97. The Balaban J connectivity index is 2.37. The summed E-state index contributed by atoms with van der Waals surface area (Å²) in [4.78, 5) is 18.7. The van der Waals surface area contributed by atoms with Crippen molar-refractivity contribution in [3.05, 3.63) is 63.8 Å². The number of aromatic nitrogens is 2. The monoisotopic (exact) mass is 274 g/mol. The molecule has 0 saturated heterocycles. The van der Waals surface area contributed by atoms with E-state index in [2.05, 4.69) is 9.97 Å². The smallest absolute Gasteiger partial charge is 0.257 e. The number of halogens is 2. The quantitative estimate of drug-likeness (QED) is 0.739. The first-order valence-electron chi connectivity index (χ1n) is 5.59. The van der Waals surface area contributed by atoms with Crippen LogP contribution in [0, 0.1) is 5.82 Å². The van der Waals surface area contributed by atoms with E-state index in [9.17, 15) is 9.18 Å². The Kier molecular flexibility index (Phi) is 2.80. The lowest BCUT2D eigenvalue weighted by atomic mass is 10.1. The van der Waals surface area contributed by atoms with Crippen molar-refractivity contribution >= 4 is 22.6 Å². The van der Waals surface area contributed by atoms with Gasteiger partial charge in [-0.15, -0.1) is 0 Å². The second-order valence-corrected chi connectivity index (χ2v) is 4.46. The van der Waals surface area contributed by atoms with Crippen molar-refractivity contribution in [2.24, 2.45) is 0 Å². The number of pyridine rings is 2. The highest BCUT2D eigenvalue weighted by molar-refractivity contribution is 6.33. The first-order chi connectivity index (χ1) is 9.16. The zero-order valence-corrected chi connectivity index (χ0v) is 10.4. The summed E-state index contributed by atoms with van der Waals surface area (Å²) in [6, 6.07) is 9.44. The van der Waals surface area contributed by atoms with E-state index in [1.165, 1.54) is 12.1 Å². The maximum Gasteiger partial charge on any atom is 0.257 e. The van der Waals surface area contributed by atoms with Crippen LogP contribution in [0.4, 0.5) is 4.39 Å². The molecule has 1 aromatic carbocycles. The summed E-state index contributed by atoms with van der Waals surface area (Å²) in [7, 11) is 0. The van der Waals surface area contributed by atoms with Crippen LogP contribution < -0.4 is 5.56 Å². The van der Waals surface area contributed by atoms with Crippen LogP contribution in [-0.2, 0) is 0 Å². The van der Waals surface area contributed by atoms with Crippen molar-refractivity contribution in [3.63, 3.8) is 0 Å². The summed E-state index contributed by atoms with van der Waals surface area (Å²) in [6.45, 7) is 0.